The number of hydrogen-bond donors (Lipinski definition) is 3. The number of carbonyl (C=O) groups excluding carboxylic acids is 3. The van der Waals surface area contributed by atoms with Crippen molar-refractivity contribution in [2.75, 3.05) is 6.61 Å². The minimum Gasteiger partial charge on any atom is -0.458 e. The molecule has 0 aromatic heterocycles. The Labute approximate surface area is 366 Å². The predicted molar refractivity (Wildman–Crippen MR) is 228 cm³/mol. The van der Waals surface area contributed by atoms with Crippen LogP contribution in [0.25, 0.3) is 0 Å². The zero-order valence-corrected chi connectivity index (χ0v) is 37.4. The number of epoxide rings is 2. The number of aliphatic hydroxyl groups is 3. The van der Waals surface area contributed by atoms with Crippen LogP contribution in [0.1, 0.15) is 131 Å². The second kappa shape index (κ2) is 15.0. The lowest BCUT2D eigenvalue weighted by Gasteiger charge is -2.56. The Morgan fingerprint density at radius 1 is 0.935 bits per heavy atom. The smallest absolute Gasteiger partial charge is 0.334 e. The summed E-state index contributed by atoms with van der Waals surface area (Å²) in [7, 11) is 0. The lowest BCUT2D eigenvalue weighted by Crippen LogP contribution is -2.72. The fourth-order valence-corrected chi connectivity index (χ4v) is 14.7. The van der Waals surface area contributed by atoms with E-state index in [9.17, 15) is 29.7 Å². The fraction of sp³-hybridized carbons (Fsp3) is 0.745. The van der Waals surface area contributed by atoms with Crippen LogP contribution in [0.3, 0.4) is 0 Å². The molecular weight excluding hydrogens is 789 g/mol. The van der Waals surface area contributed by atoms with E-state index in [0.717, 1.165) is 67.2 Å². The van der Waals surface area contributed by atoms with E-state index in [-0.39, 0.29) is 65.7 Å². The van der Waals surface area contributed by atoms with Gasteiger partial charge in [-0.15, -0.1) is 0 Å². The van der Waals surface area contributed by atoms with Crippen LogP contribution >= 0.6 is 0 Å². The van der Waals surface area contributed by atoms with Gasteiger partial charge < -0.3 is 39.0 Å². The number of fused-ring (bicyclic) bond motifs is 3. The van der Waals surface area contributed by atoms with Gasteiger partial charge in [-0.1, -0.05) is 65.0 Å². The summed E-state index contributed by atoms with van der Waals surface area (Å²) in [6, 6.07) is 0. The highest BCUT2D eigenvalue weighted by atomic mass is 16.7. The van der Waals surface area contributed by atoms with Gasteiger partial charge in [-0.25, -0.2) is 4.79 Å². The summed E-state index contributed by atoms with van der Waals surface area (Å²) in [6.07, 6.45) is 16.1. The highest BCUT2D eigenvalue weighted by Crippen LogP contribution is 2.80. The van der Waals surface area contributed by atoms with Crippen LogP contribution in [0.5, 0.6) is 0 Å². The molecule has 0 amide bonds. The van der Waals surface area contributed by atoms with Crippen LogP contribution in [0.15, 0.2) is 58.7 Å². The molecule has 2 saturated heterocycles. The first-order chi connectivity index (χ1) is 29.5. The van der Waals surface area contributed by atoms with Gasteiger partial charge in [-0.05, 0) is 134 Å². The van der Waals surface area contributed by atoms with E-state index >= 15 is 0 Å². The van der Waals surface area contributed by atoms with E-state index < -0.39 is 47.1 Å². The molecular formula is C51H68O11. The maximum absolute atomic E-state index is 13.8. The molecule has 0 aromatic carbocycles. The Kier molecular flexibility index (Phi) is 10.3. The van der Waals surface area contributed by atoms with E-state index in [4.69, 9.17) is 23.7 Å². The molecule has 2 spiro atoms. The van der Waals surface area contributed by atoms with Crippen LogP contribution in [0, 0.1) is 46.3 Å². The number of hydrogen-bond acceptors (Lipinski definition) is 11. The van der Waals surface area contributed by atoms with Gasteiger partial charge in [0, 0.05) is 23.8 Å². The average molecular weight is 857 g/mol. The van der Waals surface area contributed by atoms with E-state index in [0.29, 0.717) is 56.5 Å². The largest absolute Gasteiger partial charge is 0.458 e. The van der Waals surface area contributed by atoms with E-state index in [1.54, 1.807) is 0 Å². The lowest BCUT2D eigenvalue weighted by molar-refractivity contribution is -0.206. The monoisotopic (exact) mass is 856 g/mol. The zero-order valence-electron chi connectivity index (χ0n) is 37.4. The van der Waals surface area contributed by atoms with Gasteiger partial charge >= 0.3 is 17.9 Å². The van der Waals surface area contributed by atoms with Crippen LogP contribution in [0.4, 0.5) is 0 Å². The molecule has 15 atom stereocenters. The highest BCUT2D eigenvalue weighted by Gasteiger charge is 2.95. The van der Waals surface area contributed by atoms with Crippen molar-refractivity contribution in [2.45, 2.75) is 184 Å². The molecule has 10 aliphatic rings. The summed E-state index contributed by atoms with van der Waals surface area (Å²) >= 11 is 0. The van der Waals surface area contributed by atoms with E-state index in [1.165, 1.54) is 12.0 Å². The summed E-state index contributed by atoms with van der Waals surface area (Å²) in [5.74, 6) is 0.105. The molecule has 0 radical (unpaired) electrons. The van der Waals surface area contributed by atoms with Crippen molar-refractivity contribution in [3.05, 3.63) is 58.7 Å². The van der Waals surface area contributed by atoms with Crippen molar-refractivity contribution < 1.29 is 53.4 Å². The second-order valence-corrected chi connectivity index (χ2v) is 21.9. The van der Waals surface area contributed by atoms with Crippen molar-refractivity contribution in [2.24, 2.45) is 46.3 Å². The first kappa shape index (κ1) is 42.8. The molecule has 62 heavy (non-hydrogen) atoms. The molecule has 8 fully saturated rings. The van der Waals surface area contributed by atoms with Crippen LogP contribution < -0.4 is 0 Å². The molecule has 3 heterocycles. The average Bonchev–Trinajstić information content (AvgIpc) is 4.18. The molecule has 0 aromatic rings. The normalized spacial score (nSPS) is 46.3. The number of rotatable bonds is 11. The minimum atomic E-state index is -1.38. The number of carbonyl (C=O) groups is 3. The standard InChI is InChI=1S/C51H68O11/c1-27(2)49(57)25-42-51(62-42)48(6)21-19-34-35(26-58-45(34)56)38(48)24-41-50(51,61-41)46(49)60-44(55)18-17-43(54)59-40(31-11-12-31)16-9-28(3)36-14-15-37-30(8-7-20-47(36,37)5)10-13-32-22-33(52)23-39(53)29(32)4/h9-10,13,16,27-28,31,33,36-42,46,52-53,57H,4,7-8,11-12,14-15,17-26H2,1-3,5-6H3/b16-9+,30-10+,32-13-/t28?,33-,36?,37?,38+,39?,40?,41?,42?,46?,47?,48?,49?,50?,51?/m1/s1. The third-order valence-electron chi connectivity index (χ3n) is 18.5. The third kappa shape index (κ3) is 6.39. The zero-order chi connectivity index (χ0) is 43.7. The van der Waals surface area contributed by atoms with E-state index in [2.05, 4.69) is 51.7 Å². The third-order valence-corrected chi connectivity index (χ3v) is 18.5. The predicted octanol–water partition coefficient (Wildman–Crippen LogP) is 7.07. The van der Waals surface area contributed by atoms with Gasteiger partial charge in [0.2, 0.25) is 0 Å². The van der Waals surface area contributed by atoms with Crippen LogP contribution in [-0.4, -0.2) is 93.3 Å². The quantitative estimate of drug-likeness (QED) is 0.0843. The minimum absolute atomic E-state index is 0.0429. The fourth-order valence-electron chi connectivity index (χ4n) is 14.7. The number of cyclic esters (lactones) is 1. The first-order valence-corrected chi connectivity index (χ1v) is 24.0. The Morgan fingerprint density at radius 3 is 2.47 bits per heavy atom. The number of esters is 3. The summed E-state index contributed by atoms with van der Waals surface area (Å²) in [5.41, 5.74) is 1.59. The molecule has 10 rings (SSSR count). The highest BCUT2D eigenvalue weighted by molar-refractivity contribution is 5.92. The summed E-state index contributed by atoms with van der Waals surface area (Å²) in [4.78, 5) is 39.8. The number of allylic oxidation sites excluding steroid dienone is 4. The molecule has 0 bridgehead atoms. The topological polar surface area (TPSA) is 165 Å². The molecule has 3 N–H and O–H groups in total. The van der Waals surface area contributed by atoms with Crippen LogP contribution in [0.2, 0.25) is 0 Å². The summed E-state index contributed by atoms with van der Waals surface area (Å²) in [5, 5.41) is 33.0. The Hall–Kier alpha value is -3.09. The SMILES string of the molecule is C=C1/C(=C\C=C2/CCCC3(C)C2CCC3C(C)/C=C/C(OC(=O)CCC(=O)OC2C(O)(C(C)C)CC3OC34C23OC3C[C@H]2C3=C(CCC24C)C(=O)OC3)C2CC2)C[C@@H](O)CC1O. The van der Waals surface area contributed by atoms with Crippen molar-refractivity contribution in [1.82, 2.24) is 0 Å². The first-order valence-electron chi connectivity index (χ1n) is 24.0. The molecule has 7 aliphatic carbocycles. The molecule has 338 valence electrons. The molecule has 13 unspecified atom stereocenters. The molecule has 6 saturated carbocycles. The van der Waals surface area contributed by atoms with Gasteiger partial charge in [0.1, 0.15) is 23.9 Å². The van der Waals surface area contributed by atoms with Gasteiger partial charge in [0.05, 0.1) is 37.3 Å². The molecule has 11 heteroatoms. The maximum Gasteiger partial charge on any atom is 0.334 e. The number of ether oxygens (including phenoxy) is 5. The van der Waals surface area contributed by atoms with Crippen LogP contribution in [-0.2, 0) is 38.1 Å². The molecule has 11 nitrogen and oxygen atoms in total. The summed E-state index contributed by atoms with van der Waals surface area (Å²) < 4.78 is 31.3. The second-order valence-electron chi connectivity index (χ2n) is 21.9. The van der Waals surface area contributed by atoms with Crippen molar-refractivity contribution >= 4 is 17.9 Å². The Morgan fingerprint density at radius 2 is 1.71 bits per heavy atom. The van der Waals surface area contributed by atoms with Gasteiger partial charge in [-0.3, -0.25) is 9.59 Å². The van der Waals surface area contributed by atoms with Gasteiger partial charge in [0.15, 0.2) is 11.7 Å². The van der Waals surface area contributed by atoms with Crippen molar-refractivity contribution in [3.8, 4) is 0 Å². The lowest BCUT2D eigenvalue weighted by atomic mass is 9.46. The van der Waals surface area contributed by atoms with E-state index in [1.807, 2.05) is 13.8 Å². The maximum atomic E-state index is 13.8. The van der Waals surface area contributed by atoms with Crippen molar-refractivity contribution in [1.29, 1.82) is 0 Å². The van der Waals surface area contributed by atoms with Gasteiger partial charge in [0.25, 0.3) is 0 Å². The summed E-state index contributed by atoms with van der Waals surface area (Å²) in [6.45, 7) is 15.2. The van der Waals surface area contributed by atoms with Gasteiger partial charge in [-0.2, -0.15) is 0 Å². The Bertz CT molecular complexity index is 2040. The Balaban J connectivity index is 0.778. The molecule has 3 aliphatic heterocycles. The van der Waals surface area contributed by atoms with Crippen molar-refractivity contribution in [3.63, 3.8) is 0 Å². The number of aliphatic hydroxyl groups excluding tert-OH is 2.